The van der Waals surface area contributed by atoms with Crippen molar-refractivity contribution >= 4 is 50.9 Å². The average molecular weight is 660 g/mol. The highest BCUT2D eigenvalue weighted by Gasteiger charge is 2.42. The smallest absolute Gasteiger partial charge is 0.414 e. The molecule has 13 heteroatoms. The van der Waals surface area contributed by atoms with E-state index in [1.54, 1.807) is 47.1 Å². The van der Waals surface area contributed by atoms with Gasteiger partial charge in [-0.25, -0.2) is 13.2 Å². The average Bonchev–Trinajstić information content (AvgIpc) is 3.55. The first-order chi connectivity index (χ1) is 21.4. The quantitative estimate of drug-likeness (QED) is 0.431. The number of amides is 3. The largest absolute Gasteiger partial charge is 0.446 e. The first-order valence-electron chi connectivity index (χ1n) is 15.5. The number of hydrogen-bond acceptors (Lipinski definition) is 7. The summed E-state index contributed by atoms with van der Waals surface area (Å²) in [6.45, 7) is 8.84. The Morgan fingerprint density at radius 2 is 1.67 bits per heavy atom. The lowest BCUT2D eigenvalue weighted by Gasteiger charge is -2.32. The normalized spacial score (nSPS) is 20.6. The number of para-hydroxylation sites is 1. The van der Waals surface area contributed by atoms with Crippen LogP contribution >= 0.6 is 11.6 Å². The number of benzene rings is 2. The van der Waals surface area contributed by atoms with Crippen molar-refractivity contribution in [2.75, 3.05) is 68.2 Å². The lowest BCUT2D eigenvalue weighted by molar-refractivity contribution is -0.130. The molecule has 45 heavy (non-hydrogen) atoms. The summed E-state index contributed by atoms with van der Waals surface area (Å²) in [7, 11) is -3.51. The van der Waals surface area contributed by atoms with E-state index in [2.05, 4.69) is 9.62 Å². The molecule has 5 rings (SSSR count). The van der Waals surface area contributed by atoms with E-state index in [0.29, 0.717) is 79.4 Å². The Morgan fingerprint density at radius 3 is 2.29 bits per heavy atom. The number of sulfonamides is 1. The van der Waals surface area contributed by atoms with Gasteiger partial charge in [-0.15, -0.1) is 0 Å². The number of ether oxygens (including phenoxy) is 1. The minimum atomic E-state index is -3.51. The number of fused-ring (bicyclic) bond motifs is 1. The number of piperidine rings is 1. The van der Waals surface area contributed by atoms with E-state index in [9.17, 15) is 22.8 Å². The van der Waals surface area contributed by atoms with E-state index in [1.807, 2.05) is 24.0 Å². The van der Waals surface area contributed by atoms with E-state index in [4.69, 9.17) is 16.3 Å². The third-order valence-corrected chi connectivity index (χ3v) is 10.00. The van der Waals surface area contributed by atoms with Gasteiger partial charge < -0.3 is 19.4 Å². The topological polar surface area (TPSA) is 120 Å². The second-order valence-electron chi connectivity index (χ2n) is 12.4. The number of anilines is 2. The van der Waals surface area contributed by atoms with Gasteiger partial charge in [-0.05, 0) is 61.6 Å². The molecule has 3 heterocycles. The summed E-state index contributed by atoms with van der Waals surface area (Å²) in [6.07, 6.45) is 2.38. The molecule has 3 aliphatic rings. The fourth-order valence-electron chi connectivity index (χ4n) is 6.59. The van der Waals surface area contributed by atoms with Crippen molar-refractivity contribution in [3.63, 3.8) is 0 Å². The van der Waals surface area contributed by atoms with Crippen molar-refractivity contribution in [1.82, 2.24) is 14.7 Å². The number of likely N-dealkylation sites (tertiary alicyclic amines) is 3. The summed E-state index contributed by atoms with van der Waals surface area (Å²) in [6, 6.07) is 12.3. The van der Waals surface area contributed by atoms with Crippen LogP contribution in [0.3, 0.4) is 0 Å². The van der Waals surface area contributed by atoms with Gasteiger partial charge in [-0.1, -0.05) is 29.8 Å². The minimum absolute atomic E-state index is 0.0355. The number of nitrogens with one attached hydrogen (secondary N) is 1. The molecule has 2 aromatic carbocycles. The van der Waals surface area contributed by atoms with E-state index in [1.165, 1.54) is 0 Å². The third kappa shape index (κ3) is 8.28. The van der Waals surface area contributed by atoms with Crippen LogP contribution < -0.4 is 9.62 Å². The zero-order chi connectivity index (χ0) is 32.3. The summed E-state index contributed by atoms with van der Waals surface area (Å²) in [5.74, 6) is 0.539. The van der Waals surface area contributed by atoms with E-state index in [-0.39, 0.29) is 17.9 Å². The van der Waals surface area contributed by atoms with Gasteiger partial charge >= 0.3 is 6.09 Å². The van der Waals surface area contributed by atoms with Gasteiger partial charge in [0.25, 0.3) is 5.91 Å². The Morgan fingerprint density at radius 1 is 1.00 bits per heavy atom. The van der Waals surface area contributed by atoms with Crippen LogP contribution in [-0.2, 0) is 19.6 Å². The summed E-state index contributed by atoms with van der Waals surface area (Å²) in [5.41, 5.74) is 2.27. The third-order valence-electron chi connectivity index (χ3n) is 9.00. The molecule has 2 unspecified atom stereocenters. The van der Waals surface area contributed by atoms with Crippen molar-refractivity contribution in [2.24, 2.45) is 11.8 Å². The van der Waals surface area contributed by atoms with E-state index in [0.717, 1.165) is 37.9 Å². The monoisotopic (exact) mass is 659 g/mol. The molecule has 3 aliphatic heterocycles. The maximum Gasteiger partial charge on any atom is 0.414 e. The minimum Gasteiger partial charge on any atom is -0.446 e. The summed E-state index contributed by atoms with van der Waals surface area (Å²) >= 11 is 6.42. The van der Waals surface area contributed by atoms with Gasteiger partial charge in [0.05, 0.1) is 17.5 Å². The van der Waals surface area contributed by atoms with Crippen LogP contribution in [0.4, 0.5) is 16.2 Å². The van der Waals surface area contributed by atoms with Crippen LogP contribution in [0.15, 0.2) is 42.5 Å². The second-order valence-corrected chi connectivity index (χ2v) is 14.6. The van der Waals surface area contributed by atoms with Gasteiger partial charge in [-0.3, -0.25) is 19.2 Å². The van der Waals surface area contributed by atoms with Crippen molar-refractivity contribution in [3.05, 3.63) is 58.6 Å². The second kappa shape index (κ2) is 14.0. The Balaban J connectivity index is 1.15. The van der Waals surface area contributed by atoms with Crippen LogP contribution in [0, 0.1) is 18.8 Å². The predicted molar refractivity (Wildman–Crippen MR) is 174 cm³/mol. The fraction of sp³-hybridized carbons (Fsp3) is 0.531. The molecular formula is C32H42ClN5O6S. The van der Waals surface area contributed by atoms with Gasteiger partial charge in [0.15, 0.2) is 0 Å². The molecule has 0 bridgehead atoms. The molecular weight excluding hydrogens is 618 g/mol. The Hall–Kier alpha value is -3.35. The molecule has 0 spiro atoms. The molecule has 0 radical (unpaired) electrons. The molecule has 3 saturated heterocycles. The molecule has 0 aliphatic carbocycles. The fourth-order valence-corrected chi connectivity index (χ4v) is 7.34. The molecule has 3 fully saturated rings. The van der Waals surface area contributed by atoms with Gasteiger partial charge in [-0.2, -0.15) is 0 Å². The van der Waals surface area contributed by atoms with Crippen LogP contribution in [0.1, 0.15) is 42.1 Å². The molecule has 0 aromatic heterocycles. The molecule has 2 atom stereocenters. The number of carbonyl (C=O) groups excluding carboxylic acids is 3. The Bertz CT molecular complexity index is 1520. The van der Waals surface area contributed by atoms with Crippen LogP contribution in [0.2, 0.25) is 5.02 Å². The van der Waals surface area contributed by atoms with E-state index < -0.39 is 16.1 Å². The zero-order valence-electron chi connectivity index (χ0n) is 26.1. The highest BCUT2D eigenvalue weighted by atomic mass is 35.5. The summed E-state index contributed by atoms with van der Waals surface area (Å²) < 4.78 is 32.0. The highest BCUT2D eigenvalue weighted by Crippen LogP contribution is 2.33. The summed E-state index contributed by atoms with van der Waals surface area (Å²) in [4.78, 5) is 46.1. The first kappa shape index (κ1) is 33.0. The number of nitrogens with zero attached hydrogens (tertiary/aromatic N) is 4. The number of rotatable bonds is 9. The first-order valence-corrected chi connectivity index (χ1v) is 17.7. The Kier molecular flexibility index (Phi) is 10.2. The maximum atomic E-state index is 13.4. The van der Waals surface area contributed by atoms with Crippen molar-refractivity contribution in [1.29, 1.82) is 0 Å². The SMILES string of the molecule is CC(=O)N1CCC(OC(=O)N(CCCN2CC3CN(C(=O)c4ccccc4NS(C)(=O)=O)CC3C2)c2ccc(C)c(Cl)c2)CC1. The van der Waals surface area contributed by atoms with E-state index >= 15 is 0 Å². The maximum absolute atomic E-state index is 13.4. The lowest BCUT2D eigenvalue weighted by Crippen LogP contribution is -2.43. The number of hydrogen-bond donors (Lipinski definition) is 1. The molecule has 2 aromatic rings. The molecule has 3 amide bonds. The number of carbonyl (C=O) groups is 3. The van der Waals surface area contributed by atoms with Crippen LogP contribution in [0.5, 0.6) is 0 Å². The molecule has 1 N–H and O–H groups in total. The molecule has 11 nitrogen and oxygen atoms in total. The standard InChI is InChI=1S/C32H42ClN5O6S/c1-22-9-10-26(17-29(22)33)38(32(41)44-27-11-15-36(16-12-27)23(2)39)14-6-13-35-18-24-20-37(21-25(24)19-35)31(40)28-7-4-5-8-30(28)34-45(3,42)43/h4-5,7-10,17,24-25,27,34H,6,11-16,18-21H2,1-3H3. The molecule has 0 saturated carbocycles. The van der Waals surface area contributed by atoms with Crippen LogP contribution in [0.25, 0.3) is 0 Å². The summed E-state index contributed by atoms with van der Waals surface area (Å²) in [5, 5.41) is 0.584. The number of halogens is 1. The van der Waals surface area contributed by atoms with Gasteiger partial charge in [0, 0.05) is 76.3 Å². The Labute approximate surface area is 270 Å². The highest BCUT2D eigenvalue weighted by molar-refractivity contribution is 7.92. The zero-order valence-corrected chi connectivity index (χ0v) is 27.6. The van der Waals surface area contributed by atoms with Crippen molar-refractivity contribution in [2.45, 2.75) is 39.2 Å². The predicted octanol–water partition coefficient (Wildman–Crippen LogP) is 4.07. The van der Waals surface area contributed by atoms with Crippen molar-refractivity contribution < 1.29 is 27.5 Å². The molecule has 244 valence electrons. The van der Waals surface area contributed by atoms with Crippen LogP contribution in [-0.4, -0.2) is 106 Å². The van der Waals surface area contributed by atoms with Crippen molar-refractivity contribution in [3.8, 4) is 0 Å². The number of aryl methyl sites for hydroxylation is 1. The lowest BCUT2D eigenvalue weighted by atomic mass is 10.0. The van der Waals surface area contributed by atoms with Gasteiger partial charge in [0.2, 0.25) is 15.9 Å². The van der Waals surface area contributed by atoms with Gasteiger partial charge in [0.1, 0.15) is 6.10 Å².